The highest BCUT2D eigenvalue weighted by Crippen LogP contribution is 2.19. The molecule has 0 saturated heterocycles. The van der Waals surface area contributed by atoms with Crippen LogP contribution in [0.1, 0.15) is 23.2 Å². The Hall–Kier alpha value is -3.06. The molecule has 0 atom stereocenters. The third-order valence-corrected chi connectivity index (χ3v) is 4.13. The van der Waals surface area contributed by atoms with Crippen molar-refractivity contribution < 1.29 is 14.4 Å². The fourth-order valence-corrected chi connectivity index (χ4v) is 2.49. The lowest BCUT2D eigenvalue weighted by Gasteiger charge is -2.12. The van der Waals surface area contributed by atoms with Crippen molar-refractivity contribution in [1.29, 1.82) is 0 Å². The minimum Gasteiger partial charge on any atom is -0.375 e. The van der Waals surface area contributed by atoms with E-state index in [2.05, 4.69) is 21.3 Å². The molecule has 27 heavy (non-hydrogen) atoms. The molecule has 3 rings (SSSR count). The average molecular weight is 387 g/mol. The fourth-order valence-electron chi connectivity index (χ4n) is 2.36. The van der Waals surface area contributed by atoms with Crippen LogP contribution in [0.15, 0.2) is 48.5 Å². The summed E-state index contributed by atoms with van der Waals surface area (Å²) in [7, 11) is 0. The zero-order chi connectivity index (χ0) is 19.2. The summed E-state index contributed by atoms with van der Waals surface area (Å²) in [5.41, 5.74) is 1.47. The summed E-state index contributed by atoms with van der Waals surface area (Å²) < 4.78 is 0. The van der Waals surface area contributed by atoms with Crippen molar-refractivity contribution in [2.75, 3.05) is 17.2 Å². The van der Waals surface area contributed by atoms with Gasteiger partial charge in [-0.3, -0.25) is 14.9 Å². The first kappa shape index (κ1) is 18.7. The van der Waals surface area contributed by atoms with Gasteiger partial charge in [-0.1, -0.05) is 23.7 Å². The minimum atomic E-state index is -0.502. The molecule has 1 aliphatic rings. The van der Waals surface area contributed by atoms with Gasteiger partial charge in [0.25, 0.3) is 5.91 Å². The predicted molar refractivity (Wildman–Crippen MR) is 104 cm³/mol. The van der Waals surface area contributed by atoms with Crippen LogP contribution in [0.25, 0.3) is 0 Å². The van der Waals surface area contributed by atoms with Crippen LogP contribution in [0.2, 0.25) is 5.02 Å². The number of carbonyl (C=O) groups excluding carboxylic acids is 3. The van der Waals surface area contributed by atoms with Gasteiger partial charge in [0.2, 0.25) is 5.91 Å². The van der Waals surface area contributed by atoms with Gasteiger partial charge in [-0.2, -0.15) is 0 Å². The molecule has 1 aliphatic carbocycles. The number of urea groups is 1. The molecule has 2 aromatic rings. The quantitative estimate of drug-likeness (QED) is 0.613. The molecule has 2 aromatic carbocycles. The molecule has 7 nitrogen and oxygen atoms in total. The van der Waals surface area contributed by atoms with Gasteiger partial charge in [0.1, 0.15) is 0 Å². The topological polar surface area (TPSA) is 99.3 Å². The van der Waals surface area contributed by atoms with E-state index < -0.39 is 11.9 Å². The lowest BCUT2D eigenvalue weighted by Crippen LogP contribution is -2.42. The molecule has 8 heteroatoms. The Bertz CT molecular complexity index is 850. The van der Waals surface area contributed by atoms with E-state index in [0.717, 1.165) is 12.8 Å². The van der Waals surface area contributed by atoms with Gasteiger partial charge in [0.05, 0.1) is 12.1 Å². The van der Waals surface area contributed by atoms with Gasteiger partial charge in [-0.15, -0.1) is 0 Å². The van der Waals surface area contributed by atoms with Crippen molar-refractivity contribution in [3.05, 3.63) is 59.1 Å². The summed E-state index contributed by atoms with van der Waals surface area (Å²) in [5, 5.41) is 11.2. The van der Waals surface area contributed by atoms with E-state index in [9.17, 15) is 14.4 Å². The molecule has 0 aliphatic heterocycles. The van der Waals surface area contributed by atoms with E-state index >= 15 is 0 Å². The highest BCUT2D eigenvalue weighted by Gasteiger charge is 2.23. The van der Waals surface area contributed by atoms with E-state index in [4.69, 9.17) is 11.6 Å². The predicted octanol–water partition coefficient (Wildman–Crippen LogP) is 2.99. The second kappa shape index (κ2) is 8.55. The fraction of sp³-hybridized carbons (Fsp3) is 0.211. The lowest BCUT2D eigenvalue weighted by atomic mass is 10.1. The van der Waals surface area contributed by atoms with Crippen molar-refractivity contribution in [2.45, 2.75) is 18.9 Å². The molecular formula is C19H19ClN4O3. The van der Waals surface area contributed by atoms with E-state index in [1.54, 1.807) is 48.5 Å². The van der Waals surface area contributed by atoms with Crippen LogP contribution in [0.4, 0.5) is 16.2 Å². The van der Waals surface area contributed by atoms with Gasteiger partial charge in [-0.05, 0) is 49.2 Å². The Morgan fingerprint density at radius 2 is 1.70 bits per heavy atom. The number of nitrogens with one attached hydrogen (secondary N) is 4. The second-order valence-corrected chi connectivity index (χ2v) is 6.59. The molecule has 0 radical (unpaired) electrons. The molecular weight excluding hydrogens is 368 g/mol. The number of rotatable bonds is 6. The molecule has 0 heterocycles. The molecule has 4 N–H and O–H groups in total. The summed E-state index contributed by atoms with van der Waals surface area (Å²) >= 11 is 5.84. The highest BCUT2D eigenvalue weighted by molar-refractivity contribution is 6.30. The largest absolute Gasteiger partial charge is 0.375 e. The molecule has 1 fully saturated rings. The summed E-state index contributed by atoms with van der Waals surface area (Å²) in [4.78, 5) is 36.0. The first-order valence-electron chi connectivity index (χ1n) is 8.51. The van der Waals surface area contributed by atoms with Gasteiger partial charge < -0.3 is 16.0 Å². The number of amides is 4. The van der Waals surface area contributed by atoms with Crippen LogP contribution in [-0.2, 0) is 4.79 Å². The number of hydrogen-bond donors (Lipinski definition) is 4. The van der Waals surface area contributed by atoms with Crippen molar-refractivity contribution >= 4 is 40.8 Å². The SMILES string of the molecule is O=C(CNc1ccccc1C(=O)Nc1ccc(Cl)cc1)NC(=O)NC1CC1. The Kier molecular flexibility index (Phi) is 5.93. The van der Waals surface area contributed by atoms with E-state index in [1.165, 1.54) is 0 Å². The van der Waals surface area contributed by atoms with Gasteiger partial charge in [-0.25, -0.2) is 4.79 Å². The van der Waals surface area contributed by atoms with Crippen LogP contribution in [-0.4, -0.2) is 30.4 Å². The van der Waals surface area contributed by atoms with Crippen molar-refractivity contribution in [1.82, 2.24) is 10.6 Å². The average Bonchev–Trinajstić information content (AvgIpc) is 3.46. The Morgan fingerprint density at radius 1 is 1.00 bits per heavy atom. The Balaban J connectivity index is 1.57. The second-order valence-electron chi connectivity index (χ2n) is 6.16. The summed E-state index contributed by atoms with van der Waals surface area (Å²) in [5.74, 6) is -0.812. The number of halogens is 1. The molecule has 140 valence electrons. The smallest absolute Gasteiger partial charge is 0.321 e. The zero-order valence-corrected chi connectivity index (χ0v) is 15.2. The monoisotopic (exact) mass is 386 g/mol. The molecule has 0 aromatic heterocycles. The number of para-hydroxylation sites is 1. The minimum absolute atomic E-state index is 0.136. The van der Waals surface area contributed by atoms with Crippen molar-refractivity contribution in [3.63, 3.8) is 0 Å². The van der Waals surface area contributed by atoms with Crippen molar-refractivity contribution in [3.8, 4) is 0 Å². The maximum absolute atomic E-state index is 12.5. The number of benzene rings is 2. The number of carbonyl (C=O) groups is 3. The van der Waals surface area contributed by atoms with Gasteiger partial charge >= 0.3 is 6.03 Å². The van der Waals surface area contributed by atoms with Gasteiger partial charge in [0.15, 0.2) is 0 Å². The lowest BCUT2D eigenvalue weighted by molar-refractivity contribution is -0.118. The first-order chi connectivity index (χ1) is 13.0. The maximum atomic E-state index is 12.5. The summed E-state index contributed by atoms with van der Waals surface area (Å²) in [6.45, 7) is -0.136. The van der Waals surface area contributed by atoms with Crippen LogP contribution < -0.4 is 21.3 Å². The third-order valence-electron chi connectivity index (χ3n) is 3.88. The number of anilines is 2. The molecule has 4 amide bonds. The third kappa shape index (κ3) is 5.72. The zero-order valence-electron chi connectivity index (χ0n) is 14.4. The summed E-state index contributed by atoms with van der Waals surface area (Å²) in [6.07, 6.45) is 1.88. The van der Waals surface area contributed by atoms with E-state index in [0.29, 0.717) is 22.0 Å². The standard InChI is InChI=1S/C19H19ClN4O3/c20-12-5-7-13(8-6-12)22-18(26)15-3-1-2-4-16(15)21-11-17(25)24-19(27)23-14-9-10-14/h1-8,14,21H,9-11H2,(H,22,26)(H2,23,24,25,27). The van der Waals surface area contributed by atoms with Crippen LogP contribution in [0.3, 0.4) is 0 Å². The number of imide groups is 1. The molecule has 0 unspecified atom stereocenters. The highest BCUT2D eigenvalue weighted by atomic mass is 35.5. The summed E-state index contributed by atoms with van der Waals surface area (Å²) in [6, 6.07) is 13.2. The Morgan fingerprint density at radius 3 is 2.41 bits per heavy atom. The molecule has 1 saturated carbocycles. The normalized spacial score (nSPS) is 12.8. The Labute approximate surface area is 161 Å². The van der Waals surface area contributed by atoms with Crippen LogP contribution in [0.5, 0.6) is 0 Å². The van der Waals surface area contributed by atoms with Crippen molar-refractivity contribution in [2.24, 2.45) is 0 Å². The van der Waals surface area contributed by atoms with Crippen LogP contribution in [0, 0.1) is 0 Å². The first-order valence-corrected chi connectivity index (χ1v) is 8.89. The maximum Gasteiger partial charge on any atom is 0.321 e. The van der Waals surface area contributed by atoms with E-state index in [-0.39, 0.29) is 18.5 Å². The molecule has 0 spiro atoms. The van der Waals surface area contributed by atoms with Crippen LogP contribution >= 0.6 is 11.6 Å². The number of hydrogen-bond acceptors (Lipinski definition) is 4. The molecule has 0 bridgehead atoms. The van der Waals surface area contributed by atoms with Gasteiger partial charge in [0, 0.05) is 22.4 Å². The van der Waals surface area contributed by atoms with E-state index in [1.807, 2.05) is 0 Å².